The van der Waals surface area contributed by atoms with E-state index in [9.17, 15) is 9.59 Å². The summed E-state index contributed by atoms with van der Waals surface area (Å²) in [5, 5.41) is 4.47. The Kier molecular flexibility index (Phi) is 5.46. The lowest BCUT2D eigenvalue weighted by Crippen LogP contribution is -2.08. The largest absolute Gasteiger partial charge is 0.423 e. The van der Waals surface area contributed by atoms with Crippen molar-refractivity contribution in [1.82, 2.24) is 0 Å². The van der Waals surface area contributed by atoms with Crippen molar-refractivity contribution in [3.05, 3.63) is 106 Å². The van der Waals surface area contributed by atoms with Crippen LogP contribution in [0.3, 0.4) is 0 Å². The third-order valence-corrected chi connectivity index (χ3v) is 4.75. The number of hydrogen-bond acceptors (Lipinski definition) is 5. The van der Waals surface area contributed by atoms with Crippen molar-refractivity contribution in [2.45, 2.75) is 6.92 Å². The van der Waals surface area contributed by atoms with Gasteiger partial charge in [-0.05, 0) is 55.0 Å². The zero-order valence-corrected chi connectivity index (χ0v) is 16.7. The van der Waals surface area contributed by atoms with Gasteiger partial charge in [0.25, 0.3) is 0 Å². The summed E-state index contributed by atoms with van der Waals surface area (Å²) in [7, 11) is 0. The quantitative estimate of drug-likeness (QED) is 0.253. The van der Waals surface area contributed by atoms with E-state index >= 15 is 0 Å². The molecule has 0 saturated carbocycles. The maximum absolute atomic E-state index is 12.2. The van der Waals surface area contributed by atoms with Crippen LogP contribution in [0.15, 0.2) is 83.5 Å². The number of carbonyl (C=O) groups is 2. The Bertz CT molecular complexity index is 1160. The molecular weight excluding hydrogens is 402 g/mol. The minimum absolute atomic E-state index is 0.335. The molecule has 3 aromatic carbocycles. The Balaban J connectivity index is 1.52. The van der Waals surface area contributed by atoms with Gasteiger partial charge in [0.05, 0.1) is 11.1 Å². The van der Waals surface area contributed by atoms with Crippen LogP contribution in [0.4, 0.5) is 0 Å². The summed E-state index contributed by atoms with van der Waals surface area (Å²) in [5.41, 5.74) is 3.77. The zero-order valence-electron chi connectivity index (χ0n) is 16.0. The second-order valence-corrected chi connectivity index (χ2v) is 7.14. The minimum atomic E-state index is -0.533. The van der Waals surface area contributed by atoms with Gasteiger partial charge in [-0.15, -0.1) is 0 Å². The Labute approximate surface area is 178 Å². The van der Waals surface area contributed by atoms with Crippen LogP contribution in [-0.4, -0.2) is 17.7 Å². The van der Waals surface area contributed by atoms with Crippen molar-refractivity contribution in [2.75, 3.05) is 0 Å². The first-order chi connectivity index (χ1) is 14.5. The van der Waals surface area contributed by atoms with E-state index in [-0.39, 0.29) is 0 Å². The van der Waals surface area contributed by atoms with Gasteiger partial charge < -0.3 is 9.57 Å². The fourth-order valence-corrected chi connectivity index (χ4v) is 3.01. The monoisotopic (exact) mass is 417 g/mol. The molecule has 0 aliphatic carbocycles. The van der Waals surface area contributed by atoms with Crippen LogP contribution in [0, 0.1) is 6.92 Å². The number of benzene rings is 3. The van der Waals surface area contributed by atoms with E-state index in [1.54, 1.807) is 66.7 Å². The van der Waals surface area contributed by atoms with Gasteiger partial charge in [-0.1, -0.05) is 58.7 Å². The Morgan fingerprint density at radius 2 is 1.63 bits per heavy atom. The number of aryl methyl sites for hydroxylation is 1. The van der Waals surface area contributed by atoms with Crippen molar-refractivity contribution in [2.24, 2.45) is 5.16 Å². The second kappa shape index (κ2) is 8.35. The smallest absolute Gasteiger partial charge is 0.368 e. The Morgan fingerprint density at radius 3 is 2.30 bits per heavy atom. The molecule has 5 nitrogen and oxygen atoms in total. The molecule has 0 saturated heterocycles. The van der Waals surface area contributed by atoms with Crippen molar-refractivity contribution < 1.29 is 19.2 Å². The molecule has 0 unspecified atom stereocenters. The second-order valence-electron chi connectivity index (χ2n) is 6.71. The highest BCUT2D eigenvalue weighted by molar-refractivity contribution is 6.32. The topological polar surface area (TPSA) is 65.0 Å². The average Bonchev–Trinajstić information content (AvgIpc) is 3.11. The predicted molar refractivity (Wildman–Crippen MR) is 115 cm³/mol. The molecule has 3 aromatic rings. The molecular formula is C24H16ClNO4. The Morgan fingerprint density at radius 1 is 0.967 bits per heavy atom. The molecule has 6 heteroatoms. The fraction of sp³-hybridized carbons (Fsp3) is 0.0417. The summed E-state index contributed by atoms with van der Waals surface area (Å²) in [4.78, 5) is 29.2. The molecule has 0 spiro atoms. The molecule has 0 N–H and O–H groups in total. The first kappa shape index (κ1) is 19.6. The van der Waals surface area contributed by atoms with Gasteiger partial charge in [0, 0.05) is 10.6 Å². The maximum atomic E-state index is 12.2. The van der Waals surface area contributed by atoms with E-state index in [1.807, 2.05) is 19.1 Å². The highest BCUT2D eigenvalue weighted by atomic mass is 35.5. The van der Waals surface area contributed by atoms with Gasteiger partial charge in [-0.25, -0.2) is 9.59 Å². The van der Waals surface area contributed by atoms with E-state index in [2.05, 4.69) is 5.16 Å². The van der Waals surface area contributed by atoms with Gasteiger partial charge in [0.15, 0.2) is 0 Å². The number of ether oxygens (including phenoxy) is 1. The molecule has 0 bridgehead atoms. The third kappa shape index (κ3) is 4.31. The third-order valence-electron chi connectivity index (χ3n) is 4.50. The maximum Gasteiger partial charge on any atom is 0.368 e. The number of rotatable bonds is 4. The highest BCUT2D eigenvalue weighted by Crippen LogP contribution is 2.23. The number of halogens is 1. The van der Waals surface area contributed by atoms with Crippen LogP contribution in [-0.2, 0) is 9.63 Å². The summed E-state index contributed by atoms with van der Waals surface area (Å²) in [6.07, 6.45) is 1.67. The molecule has 1 heterocycles. The predicted octanol–water partition coefficient (Wildman–Crippen LogP) is 5.21. The van der Waals surface area contributed by atoms with E-state index in [0.29, 0.717) is 27.6 Å². The highest BCUT2D eigenvalue weighted by Gasteiger charge is 2.26. The van der Waals surface area contributed by atoms with Gasteiger partial charge in [0.2, 0.25) is 0 Å². The average molecular weight is 418 g/mol. The molecule has 0 radical (unpaired) electrons. The van der Waals surface area contributed by atoms with Crippen molar-refractivity contribution in [1.29, 1.82) is 0 Å². The standard InChI is InChI=1S/C24H16ClNO4/c1-15-2-6-18(7-3-15)23(27)29-20-12-4-16(5-13-20)14-21-22(26-30-24(21)28)17-8-10-19(25)11-9-17/h2-14H,1H3/b21-14+. The van der Waals surface area contributed by atoms with Crippen LogP contribution in [0.25, 0.3) is 6.08 Å². The molecule has 1 aliphatic heterocycles. The van der Waals surface area contributed by atoms with Crippen molar-refractivity contribution >= 4 is 35.3 Å². The normalized spacial score (nSPS) is 14.4. The van der Waals surface area contributed by atoms with Gasteiger partial charge in [-0.2, -0.15) is 0 Å². The number of esters is 1. The van der Waals surface area contributed by atoms with E-state index in [4.69, 9.17) is 21.2 Å². The SMILES string of the molecule is Cc1ccc(C(=O)Oc2ccc(/C=C3/C(=O)ON=C3c3ccc(Cl)cc3)cc2)cc1. The fourth-order valence-electron chi connectivity index (χ4n) is 2.88. The molecule has 0 fully saturated rings. The van der Waals surface area contributed by atoms with Crippen LogP contribution in [0.2, 0.25) is 5.02 Å². The molecule has 0 amide bonds. The summed E-state index contributed by atoms with van der Waals surface area (Å²) >= 11 is 5.92. The van der Waals surface area contributed by atoms with Gasteiger partial charge >= 0.3 is 11.9 Å². The Hall–Kier alpha value is -3.70. The number of hydrogen-bond donors (Lipinski definition) is 0. The van der Waals surface area contributed by atoms with Gasteiger partial charge in [0.1, 0.15) is 11.5 Å². The molecule has 0 aromatic heterocycles. The molecule has 30 heavy (non-hydrogen) atoms. The lowest BCUT2D eigenvalue weighted by atomic mass is 10.0. The molecule has 4 rings (SSSR count). The van der Waals surface area contributed by atoms with Crippen LogP contribution in [0.5, 0.6) is 5.75 Å². The summed E-state index contributed by atoms with van der Waals surface area (Å²) < 4.78 is 5.40. The lowest BCUT2D eigenvalue weighted by Gasteiger charge is -2.05. The van der Waals surface area contributed by atoms with E-state index in [0.717, 1.165) is 16.7 Å². The zero-order chi connectivity index (χ0) is 21.1. The summed E-state index contributed by atoms with van der Waals surface area (Å²) in [6, 6.07) is 20.9. The van der Waals surface area contributed by atoms with Crippen molar-refractivity contribution in [3.63, 3.8) is 0 Å². The minimum Gasteiger partial charge on any atom is -0.423 e. The van der Waals surface area contributed by atoms with Crippen LogP contribution >= 0.6 is 11.6 Å². The van der Waals surface area contributed by atoms with E-state index < -0.39 is 11.9 Å². The van der Waals surface area contributed by atoms with Crippen LogP contribution < -0.4 is 4.74 Å². The van der Waals surface area contributed by atoms with Crippen molar-refractivity contribution in [3.8, 4) is 5.75 Å². The number of oxime groups is 1. The summed E-state index contributed by atoms with van der Waals surface area (Å²) in [5.74, 6) is -0.559. The number of nitrogens with zero attached hydrogens (tertiary/aromatic N) is 1. The molecule has 148 valence electrons. The first-order valence-electron chi connectivity index (χ1n) is 9.16. The van der Waals surface area contributed by atoms with Crippen LogP contribution in [0.1, 0.15) is 27.0 Å². The number of carbonyl (C=O) groups excluding carboxylic acids is 2. The first-order valence-corrected chi connectivity index (χ1v) is 9.54. The summed E-state index contributed by atoms with van der Waals surface area (Å²) in [6.45, 7) is 1.95. The molecule has 1 aliphatic rings. The van der Waals surface area contributed by atoms with E-state index in [1.165, 1.54) is 0 Å². The molecule has 0 atom stereocenters. The van der Waals surface area contributed by atoms with Gasteiger partial charge in [-0.3, -0.25) is 0 Å². The lowest BCUT2D eigenvalue weighted by molar-refractivity contribution is -0.136.